The van der Waals surface area contributed by atoms with E-state index in [4.69, 9.17) is 9.72 Å². The molecule has 0 atom stereocenters. The third-order valence-electron chi connectivity index (χ3n) is 6.80. The Labute approximate surface area is 224 Å². The number of carbonyl (C=O) groups is 2. The second-order valence-electron chi connectivity index (χ2n) is 10.8. The van der Waals surface area contributed by atoms with Crippen LogP contribution in [0.3, 0.4) is 0 Å². The number of alkyl carbamates (subject to hydrolysis) is 1. The van der Waals surface area contributed by atoms with E-state index in [0.29, 0.717) is 30.5 Å². The summed E-state index contributed by atoms with van der Waals surface area (Å²) < 4.78 is 5.33. The molecule has 1 saturated carbocycles. The van der Waals surface area contributed by atoms with E-state index in [1.54, 1.807) is 11.8 Å². The van der Waals surface area contributed by atoms with Crippen LogP contribution in [-0.4, -0.2) is 41.9 Å². The fraction of sp³-hybridized carbons (Fsp3) is 0.433. The lowest BCUT2D eigenvalue weighted by Gasteiger charge is -2.29. The van der Waals surface area contributed by atoms with Crippen LogP contribution in [0, 0.1) is 11.8 Å². The van der Waals surface area contributed by atoms with Crippen molar-refractivity contribution < 1.29 is 14.3 Å². The van der Waals surface area contributed by atoms with Gasteiger partial charge in [-0.3, -0.25) is 4.79 Å². The van der Waals surface area contributed by atoms with Crippen molar-refractivity contribution in [1.82, 2.24) is 15.6 Å². The summed E-state index contributed by atoms with van der Waals surface area (Å²) in [7, 11) is 0. The van der Waals surface area contributed by atoms with Gasteiger partial charge in [-0.25, -0.2) is 9.78 Å². The predicted molar refractivity (Wildman–Crippen MR) is 151 cm³/mol. The lowest BCUT2D eigenvalue weighted by Crippen LogP contribution is -2.37. The van der Waals surface area contributed by atoms with E-state index in [1.165, 1.54) is 4.90 Å². The SMILES string of the molecule is CSc1ccc(-c2cc(C(=O)NC[C@H]3CC[C@H](CNC(=O)OC(C)(C)C)CC3)c3ccccc3n2)cc1. The average molecular weight is 520 g/mol. The summed E-state index contributed by atoms with van der Waals surface area (Å²) in [5.74, 6) is 0.825. The number of hydrogen-bond donors (Lipinski definition) is 2. The zero-order chi connectivity index (χ0) is 26.4. The third kappa shape index (κ3) is 7.48. The van der Waals surface area contributed by atoms with Crippen LogP contribution in [0.1, 0.15) is 56.8 Å². The second kappa shape index (κ2) is 12.0. The number of aromatic nitrogens is 1. The number of pyridine rings is 1. The van der Waals surface area contributed by atoms with Gasteiger partial charge in [-0.1, -0.05) is 30.3 Å². The Hall–Kier alpha value is -3.06. The Kier molecular flexibility index (Phi) is 8.75. The van der Waals surface area contributed by atoms with Gasteiger partial charge in [-0.15, -0.1) is 11.8 Å². The van der Waals surface area contributed by atoms with Crippen LogP contribution >= 0.6 is 11.8 Å². The van der Waals surface area contributed by atoms with Crippen molar-refractivity contribution in [2.75, 3.05) is 19.3 Å². The van der Waals surface area contributed by atoms with E-state index >= 15 is 0 Å². The van der Waals surface area contributed by atoms with Crippen LogP contribution in [0.4, 0.5) is 4.79 Å². The van der Waals surface area contributed by atoms with Crippen LogP contribution in [0.2, 0.25) is 0 Å². The van der Waals surface area contributed by atoms with Crippen molar-refractivity contribution in [2.45, 2.75) is 57.0 Å². The highest BCUT2D eigenvalue weighted by atomic mass is 32.2. The first-order valence-electron chi connectivity index (χ1n) is 13.0. The standard InChI is InChI=1S/C30H37N3O3S/c1-30(2,3)36-29(35)32-19-21-11-9-20(10-12-21)18-31-28(34)25-17-27(22-13-15-23(37-4)16-14-22)33-26-8-6-5-7-24(25)26/h5-8,13-17,20-21H,9-12,18-19H2,1-4H3,(H,31,34)(H,32,35)/t20-,21-. The number of carbonyl (C=O) groups excluding carboxylic acids is 2. The van der Waals surface area contributed by atoms with E-state index in [1.807, 2.05) is 51.1 Å². The molecule has 0 spiro atoms. The van der Waals surface area contributed by atoms with E-state index in [2.05, 4.69) is 41.2 Å². The third-order valence-corrected chi connectivity index (χ3v) is 7.54. The first-order valence-corrected chi connectivity index (χ1v) is 14.2. The summed E-state index contributed by atoms with van der Waals surface area (Å²) in [5.41, 5.74) is 2.78. The average Bonchev–Trinajstić information content (AvgIpc) is 2.89. The van der Waals surface area contributed by atoms with Crippen LogP contribution in [0.25, 0.3) is 22.2 Å². The second-order valence-corrected chi connectivity index (χ2v) is 11.7. The molecule has 1 aliphatic carbocycles. The molecule has 0 unspecified atom stereocenters. The summed E-state index contributed by atoms with van der Waals surface area (Å²) in [6, 6.07) is 18.0. The van der Waals surface area contributed by atoms with Crippen molar-refractivity contribution >= 4 is 34.7 Å². The number of para-hydroxylation sites is 1. The van der Waals surface area contributed by atoms with Gasteiger partial charge in [0.1, 0.15) is 5.60 Å². The number of ether oxygens (including phenoxy) is 1. The van der Waals surface area contributed by atoms with Crippen LogP contribution in [0.15, 0.2) is 59.5 Å². The molecule has 0 bridgehead atoms. The van der Waals surface area contributed by atoms with Gasteiger partial charge in [-0.2, -0.15) is 0 Å². The highest BCUT2D eigenvalue weighted by Crippen LogP contribution is 2.29. The van der Waals surface area contributed by atoms with E-state index in [-0.39, 0.29) is 12.0 Å². The normalized spacial score (nSPS) is 17.8. The van der Waals surface area contributed by atoms with Crippen LogP contribution < -0.4 is 10.6 Å². The molecule has 6 nitrogen and oxygen atoms in total. The Morgan fingerprint density at radius 3 is 2.19 bits per heavy atom. The molecule has 0 saturated heterocycles. The highest BCUT2D eigenvalue weighted by molar-refractivity contribution is 7.98. The number of benzene rings is 2. The fourth-order valence-electron chi connectivity index (χ4n) is 4.79. The monoisotopic (exact) mass is 519 g/mol. The Morgan fingerprint density at radius 1 is 0.946 bits per heavy atom. The zero-order valence-electron chi connectivity index (χ0n) is 22.2. The molecule has 1 fully saturated rings. The molecule has 1 heterocycles. The van der Waals surface area contributed by atoms with Gasteiger partial charge in [0.15, 0.2) is 0 Å². The number of hydrogen-bond acceptors (Lipinski definition) is 5. The maximum atomic E-state index is 13.3. The van der Waals surface area contributed by atoms with Crippen molar-refractivity contribution in [3.05, 3.63) is 60.2 Å². The number of nitrogens with zero attached hydrogens (tertiary/aromatic N) is 1. The highest BCUT2D eigenvalue weighted by Gasteiger charge is 2.24. The number of rotatable bonds is 7. The summed E-state index contributed by atoms with van der Waals surface area (Å²) >= 11 is 1.70. The van der Waals surface area contributed by atoms with Crippen LogP contribution in [-0.2, 0) is 4.74 Å². The topological polar surface area (TPSA) is 80.3 Å². The zero-order valence-corrected chi connectivity index (χ0v) is 23.0. The van der Waals surface area contributed by atoms with Crippen molar-refractivity contribution in [2.24, 2.45) is 11.8 Å². The lowest BCUT2D eigenvalue weighted by molar-refractivity contribution is 0.0512. The van der Waals surface area contributed by atoms with Gasteiger partial charge >= 0.3 is 6.09 Å². The van der Waals surface area contributed by atoms with Gasteiger partial charge in [-0.05, 0) is 88.8 Å². The molecule has 7 heteroatoms. The van der Waals surface area contributed by atoms with Gasteiger partial charge in [0, 0.05) is 28.9 Å². The molecule has 1 aliphatic rings. The maximum Gasteiger partial charge on any atom is 0.407 e. The lowest BCUT2D eigenvalue weighted by atomic mass is 9.82. The fourth-order valence-corrected chi connectivity index (χ4v) is 5.20. The maximum absolute atomic E-state index is 13.3. The van der Waals surface area contributed by atoms with E-state index < -0.39 is 5.60 Å². The summed E-state index contributed by atoms with van der Waals surface area (Å²) in [6.07, 6.45) is 5.83. The molecule has 0 aliphatic heterocycles. The Morgan fingerprint density at radius 2 is 1.57 bits per heavy atom. The van der Waals surface area contributed by atoms with Gasteiger partial charge in [0.05, 0.1) is 16.8 Å². The molecule has 1 aromatic heterocycles. The molecule has 196 valence electrons. The van der Waals surface area contributed by atoms with Crippen molar-refractivity contribution in [3.63, 3.8) is 0 Å². The minimum atomic E-state index is -0.486. The summed E-state index contributed by atoms with van der Waals surface area (Å²) in [5, 5.41) is 6.95. The molecule has 4 rings (SSSR count). The first kappa shape index (κ1) is 27.0. The number of amides is 2. The summed E-state index contributed by atoms with van der Waals surface area (Å²) in [6.45, 7) is 6.89. The molecule has 2 N–H and O–H groups in total. The van der Waals surface area contributed by atoms with Crippen molar-refractivity contribution in [1.29, 1.82) is 0 Å². The number of thioether (sulfide) groups is 1. The molecular weight excluding hydrogens is 482 g/mol. The number of fused-ring (bicyclic) bond motifs is 1. The molecule has 37 heavy (non-hydrogen) atoms. The van der Waals surface area contributed by atoms with Crippen molar-refractivity contribution in [3.8, 4) is 11.3 Å². The smallest absolute Gasteiger partial charge is 0.407 e. The molecule has 0 radical (unpaired) electrons. The number of nitrogens with one attached hydrogen (secondary N) is 2. The summed E-state index contributed by atoms with van der Waals surface area (Å²) in [4.78, 5) is 31.3. The minimum Gasteiger partial charge on any atom is -0.444 e. The molecule has 2 aromatic carbocycles. The molecular formula is C30H37N3O3S. The van der Waals surface area contributed by atoms with Crippen LogP contribution in [0.5, 0.6) is 0 Å². The first-order chi connectivity index (χ1) is 17.7. The molecule has 2 amide bonds. The van der Waals surface area contributed by atoms with E-state index in [9.17, 15) is 9.59 Å². The van der Waals surface area contributed by atoms with Gasteiger partial charge in [0.2, 0.25) is 0 Å². The van der Waals surface area contributed by atoms with Gasteiger partial charge < -0.3 is 15.4 Å². The molecule has 3 aromatic rings. The minimum absolute atomic E-state index is 0.0608. The largest absolute Gasteiger partial charge is 0.444 e. The van der Waals surface area contributed by atoms with Gasteiger partial charge in [0.25, 0.3) is 5.91 Å². The Balaban J connectivity index is 1.35. The predicted octanol–water partition coefficient (Wildman–Crippen LogP) is 6.68. The van der Waals surface area contributed by atoms with E-state index in [0.717, 1.165) is 47.8 Å². The quantitative estimate of drug-likeness (QED) is 0.340. The Bertz CT molecular complexity index is 1230.